The van der Waals surface area contributed by atoms with Crippen LogP contribution in [0, 0.1) is 13.8 Å². The molecule has 1 aliphatic rings. The third-order valence-electron chi connectivity index (χ3n) is 6.01. The quantitative estimate of drug-likeness (QED) is 0.537. The first-order chi connectivity index (χ1) is 15.3. The summed E-state index contributed by atoms with van der Waals surface area (Å²) in [5.41, 5.74) is 3.77. The van der Waals surface area contributed by atoms with E-state index in [4.69, 9.17) is 0 Å². The Morgan fingerprint density at radius 2 is 1.78 bits per heavy atom. The number of β-amino-alcohol motifs (C(OH)–C–C–N with tert-alkyl or cyclic N) is 1. The lowest BCUT2D eigenvalue weighted by molar-refractivity contribution is 0.154. The Balaban J connectivity index is 1.72. The van der Waals surface area contributed by atoms with E-state index in [0.29, 0.717) is 23.7 Å². The summed E-state index contributed by atoms with van der Waals surface area (Å²) in [6, 6.07) is 15.7. The molecule has 0 radical (unpaired) electrons. The minimum atomic E-state index is -0.678. The van der Waals surface area contributed by atoms with Crippen molar-refractivity contribution < 1.29 is 5.11 Å². The molecule has 0 bridgehead atoms. The number of aryl methyl sites for hydroxylation is 3. The van der Waals surface area contributed by atoms with Gasteiger partial charge in [-0.2, -0.15) is 4.98 Å². The number of nitrogens with zero attached hydrogens (tertiary/aromatic N) is 5. The van der Waals surface area contributed by atoms with Crippen LogP contribution in [0.1, 0.15) is 16.7 Å². The number of aliphatic hydroxyl groups excluding tert-OH is 1. The van der Waals surface area contributed by atoms with Gasteiger partial charge in [0.25, 0.3) is 5.56 Å². The lowest BCUT2D eigenvalue weighted by Crippen LogP contribution is -2.41. The molecule has 0 fully saturated rings. The lowest BCUT2D eigenvalue weighted by Gasteiger charge is -2.32. The van der Waals surface area contributed by atoms with Gasteiger partial charge in [0, 0.05) is 12.7 Å². The molecule has 2 aromatic heterocycles. The van der Waals surface area contributed by atoms with Crippen LogP contribution < -0.4 is 16.1 Å². The SMILES string of the molecule is Cc1ccc(N2C[C@H](O)Cn3c2nc2c3c(=O)n(Cc3cccc(C)c3)c(=O)n2C)cc1. The maximum atomic E-state index is 13.5. The van der Waals surface area contributed by atoms with E-state index in [9.17, 15) is 14.7 Å². The van der Waals surface area contributed by atoms with Gasteiger partial charge in [-0.05, 0) is 31.5 Å². The summed E-state index contributed by atoms with van der Waals surface area (Å²) in [5.74, 6) is 0.551. The van der Waals surface area contributed by atoms with Crippen LogP contribution in [0.5, 0.6) is 0 Å². The maximum absolute atomic E-state index is 13.5. The first-order valence-corrected chi connectivity index (χ1v) is 10.6. The number of aliphatic hydroxyl groups is 1. The smallest absolute Gasteiger partial charge is 0.332 e. The Morgan fingerprint density at radius 1 is 1.03 bits per heavy atom. The fraction of sp³-hybridized carbons (Fsp3) is 0.292. The van der Waals surface area contributed by atoms with Crippen molar-refractivity contribution >= 4 is 22.8 Å². The summed E-state index contributed by atoms with van der Waals surface area (Å²) in [6.07, 6.45) is -0.678. The average Bonchev–Trinajstić information content (AvgIpc) is 3.15. The number of fused-ring (bicyclic) bond motifs is 3. The predicted octanol–water partition coefficient (Wildman–Crippen LogP) is 2.07. The summed E-state index contributed by atoms with van der Waals surface area (Å²) in [6.45, 7) is 4.76. The molecule has 4 aromatic rings. The topological polar surface area (TPSA) is 85.3 Å². The van der Waals surface area contributed by atoms with E-state index in [1.165, 1.54) is 9.13 Å². The fourth-order valence-electron chi connectivity index (χ4n) is 4.38. The van der Waals surface area contributed by atoms with Crippen LogP contribution >= 0.6 is 0 Å². The van der Waals surface area contributed by atoms with Crippen molar-refractivity contribution in [2.45, 2.75) is 33.0 Å². The average molecular weight is 431 g/mol. The second-order valence-corrected chi connectivity index (χ2v) is 8.52. The number of aromatic nitrogens is 4. The normalized spacial score (nSPS) is 15.9. The van der Waals surface area contributed by atoms with E-state index in [1.807, 2.05) is 67.3 Å². The summed E-state index contributed by atoms with van der Waals surface area (Å²) in [4.78, 5) is 33.1. The molecule has 2 aromatic carbocycles. The Morgan fingerprint density at radius 3 is 2.50 bits per heavy atom. The molecule has 0 saturated carbocycles. The predicted molar refractivity (Wildman–Crippen MR) is 124 cm³/mol. The Kier molecular flexibility index (Phi) is 4.74. The Bertz CT molecular complexity index is 1450. The molecule has 0 saturated heterocycles. The first-order valence-electron chi connectivity index (χ1n) is 10.6. The van der Waals surface area contributed by atoms with Crippen LogP contribution in [0.2, 0.25) is 0 Å². The number of hydrogen-bond donors (Lipinski definition) is 1. The highest BCUT2D eigenvalue weighted by molar-refractivity contribution is 5.77. The highest BCUT2D eigenvalue weighted by Gasteiger charge is 2.30. The minimum absolute atomic E-state index is 0.174. The zero-order chi connectivity index (χ0) is 22.6. The largest absolute Gasteiger partial charge is 0.389 e. The maximum Gasteiger partial charge on any atom is 0.332 e. The van der Waals surface area contributed by atoms with E-state index in [1.54, 1.807) is 11.6 Å². The highest BCUT2D eigenvalue weighted by atomic mass is 16.3. The third-order valence-corrected chi connectivity index (χ3v) is 6.01. The van der Waals surface area contributed by atoms with E-state index >= 15 is 0 Å². The number of benzene rings is 2. The van der Waals surface area contributed by atoms with Crippen LogP contribution in [0.25, 0.3) is 11.2 Å². The molecule has 32 heavy (non-hydrogen) atoms. The van der Waals surface area contributed by atoms with Crippen LogP contribution in [0.4, 0.5) is 11.6 Å². The number of rotatable bonds is 3. The molecule has 0 aliphatic carbocycles. The molecule has 1 aliphatic heterocycles. The van der Waals surface area contributed by atoms with Gasteiger partial charge in [-0.15, -0.1) is 0 Å². The van der Waals surface area contributed by atoms with Gasteiger partial charge in [-0.3, -0.25) is 13.9 Å². The van der Waals surface area contributed by atoms with Gasteiger partial charge in [0.15, 0.2) is 11.2 Å². The molecule has 0 amide bonds. The summed E-state index contributed by atoms with van der Waals surface area (Å²) < 4.78 is 4.39. The molecule has 3 heterocycles. The molecule has 8 nitrogen and oxygen atoms in total. The van der Waals surface area contributed by atoms with E-state index < -0.39 is 17.4 Å². The Labute approximate surface area is 184 Å². The van der Waals surface area contributed by atoms with Gasteiger partial charge < -0.3 is 14.6 Å². The molecular weight excluding hydrogens is 406 g/mol. The molecule has 5 rings (SSSR count). The van der Waals surface area contributed by atoms with Gasteiger partial charge >= 0.3 is 5.69 Å². The van der Waals surface area contributed by atoms with Gasteiger partial charge in [-0.25, -0.2) is 4.79 Å². The zero-order valence-corrected chi connectivity index (χ0v) is 18.3. The molecule has 0 spiro atoms. The van der Waals surface area contributed by atoms with Gasteiger partial charge in [0.1, 0.15) is 0 Å². The monoisotopic (exact) mass is 431 g/mol. The standard InChI is InChI=1S/C24H25N5O3/c1-15-7-9-18(10-8-15)27-13-19(30)14-28-20-21(25-23(27)28)26(3)24(32)29(22(20)31)12-17-6-4-5-16(2)11-17/h4-11,19,30H,12-14H2,1-3H3/t19-/m0/s1. The van der Waals surface area contributed by atoms with E-state index in [0.717, 1.165) is 22.4 Å². The second kappa shape index (κ2) is 7.49. The van der Waals surface area contributed by atoms with Crippen molar-refractivity contribution in [1.82, 2.24) is 18.7 Å². The van der Waals surface area contributed by atoms with E-state index in [2.05, 4.69) is 4.98 Å². The van der Waals surface area contributed by atoms with Crippen molar-refractivity contribution in [2.75, 3.05) is 11.4 Å². The number of hydrogen-bond acceptors (Lipinski definition) is 5. The molecule has 8 heteroatoms. The van der Waals surface area contributed by atoms with Crippen molar-refractivity contribution in [3.63, 3.8) is 0 Å². The highest BCUT2D eigenvalue weighted by Crippen LogP contribution is 2.31. The number of anilines is 2. The van der Waals surface area contributed by atoms with Crippen molar-refractivity contribution in [3.05, 3.63) is 86.1 Å². The Hall–Kier alpha value is -3.65. The first kappa shape index (κ1) is 20.3. The summed E-state index contributed by atoms with van der Waals surface area (Å²) in [5, 5.41) is 10.6. The van der Waals surface area contributed by atoms with Crippen LogP contribution in [0.3, 0.4) is 0 Å². The van der Waals surface area contributed by atoms with E-state index in [-0.39, 0.29) is 13.1 Å². The van der Waals surface area contributed by atoms with Gasteiger partial charge in [-0.1, -0.05) is 47.5 Å². The van der Waals surface area contributed by atoms with Gasteiger partial charge in [0.2, 0.25) is 5.95 Å². The minimum Gasteiger partial charge on any atom is -0.389 e. The molecule has 0 unspecified atom stereocenters. The van der Waals surface area contributed by atoms with Crippen LogP contribution in [-0.2, 0) is 20.1 Å². The summed E-state index contributed by atoms with van der Waals surface area (Å²) >= 11 is 0. The molecular formula is C24H25N5O3. The molecule has 164 valence electrons. The molecule has 1 N–H and O–H groups in total. The second-order valence-electron chi connectivity index (χ2n) is 8.52. The lowest BCUT2D eigenvalue weighted by atomic mass is 10.1. The van der Waals surface area contributed by atoms with Crippen LogP contribution in [-0.4, -0.2) is 36.4 Å². The molecule has 1 atom stereocenters. The van der Waals surface area contributed by atoms with Gasteiger partial charge in [0.05, 0.1) is 25.7 Å². The van der Waals surface area contributed by atoms with Crippen molar-refractivity contribution in [2.24, 2.45) is 7.05 Å². The van der Waals surface area contributed by atoms with Crippen molar-refractivity contribution in [3.8, 4) is 0 Å². The number of imidazole rings is 1. The fourth-order valence-corrected chi connectivity index (χ4v) is 4.38. The third kappa shape index (κ3) is 3.23. The van der Waals surface area contributed by atoms with Crippen LogP contribution in [0.15, 0.2) is 58.1 Å². The van der Waals surface area contributed by atoms with Crippen molar-refractivity contribution in [1.29, 1.82) is 0 Å². The zero-order valence-electron chi connectivity index (χ0n) is 18.3. The summed E-state index contributed by atoms with van der Waals surface area (Å²) in [7, 11) is 1.63.